The Hall–Kier alpha value is -1.23. The van der Waals surface area contributed by atoms with Gasteiger partial charge in [0, 0.05) is 22.5 Å². The lowest BCUT2D eigenvalue weighted by atomic mass is 10.1. The van der Waals surface area contributed by atoms with Crippen LogP contribution in [0.1, 0.15) is 30.7 Å². The summed E-state index contributed by atoms with van der Waals surface area (Å²) in [5.41, 5.74) is 3.31. The van der Waals surface area contributed by atoms with Gasteiger partial charge in [-0.15, -0.1) is 0 Å². The predicted molar refractivity (Wildman–Crippen MR) is 62.6 cm³/mol. The summed E-state index contributed by atoms with van der Waals surface area (Å²) in [5, 5.41) is 0.214. The molecule has 0 unspecified atom stereocenters. The Balaban J connectivity index is 2.72. The maximum Gasteiger partial charge on any atom is 0.195 e. The van der Waals surface area contributed by atoms with E-state index in [0.717, 1.165) is 22.5 Å². The Kier molecular flexibility index (Phi) is 2.58. The zero-order chi connectivity index (χ0) is 11.9. The van der Waals surface area contributed by atoms with Crippen LogP contribution in [-0.2, 0) is 16.4 Å². The molecule has 0 radical (unpaired) electrons. The first-order valence-corrected chi connectivity index (χ1v) is 6.85. The smallest absolute Gasteiger partial charge is 0.195 e. The van der Waals surface area contributed by atoms with E-state index in [1.54, 1.807) is 13.8 Å². The van der Waals surface area contributed by atoms with E-state index in [9.17, 15) is 8.42 Å². The first-order valence-electron chi connectivity index (χ1n) is 5.20. The van der Waals surface area contributed by atoms with Crippen LogP contribution in [0, 0.1) is 6.92 Å². The van der Waals surface area contributed by atoms with Gasteiger partial charge in [0.25, 0.3) is 0 Å². The number of rotatable bonds is 2. The van der Waals surface area contributed by atoms with E-state index in [4.69, 9.17) is 0 Å². The summed E-state index contributed by atoms with van der Waals surface area (Å²) in [6, 6.07) is 1.90. The lowest BCUT2D eigenvalue weighted by molar-refractivity contribution is 0.591. The molecule has 0 spiro atoms. The monoisotopic (exact) mass is 238 g/mol. The molecule has 4 nitrogen and oxygen atoms in total. The molecule has 2 rings (SSSR count). The number of aryl methyl sites for hydroxylation is 1. The summed E-state index contributed by atoms with van der Waals surface area (Å²) in [6.07, 6.45) is 0. The normalized spacial score (nSPS) is 14.8. The van der Waals surface area contributed by atoms with Crippen LogP contribution < -0.4 is 0 Å². The predicted octanol–water partition coefficient (Wildman–Crippen LogP) is 1.51. The third-order valence-corrected chi connectivity index (χ3v) is 4.44. The number of aliphatic imine (C=N–C) groups is 1. The molecule has 5 heteroatoms. The van der Waals surface area contributed by atoms with E-state index in [1.807, 2.05) is 13.0 Å². The molecular weight excluding hydrogens is 224 g/mol. The lowest BCUT2D eigenvalue weighted by Gasteiger charge is -2.08. The summed E-state index contributed by atoms with van der Waals surface area (Å²) in [6.45, 7) is 5.77. The van der Waals surface area contributed by atoms with Crippen molar-refractivity contribution in [3.05, 3.63) is 22.9 Å². The minimum atomic E-state index is -3.25. The van der Waals surface area contributed by atoms with E-state index >= 15 is 0 Å². The Morgan fingerprint density at radius 2 is 2.06 bits per heavy atom. The number of sulfone groups is 1. The second kappa shape index (κ2) is 3.66. The molecule has 0 bridgehead atoms. The second-order valence-corrected chi connectivity index (χ2v) is 6.09. The highest BCUT2D eigenvalue weighted by Crippen LogP contribution is 2.26. The van der Waals surface area contributed by atoms with Crippen LogP contribution in [0.25, 0.3) is 0 Å². The standard InChI is InChI=1S/C11H14N2O2S/c1-4-16(14,15)11-10-6-12-8(3)9(10)5-7(2)13-11/h5H,4,6H2,1-3H3. The van der Waals surface area contributed by atoms with Crippen molar-refractivity contribution in [2.24, 2.45) is 4.99 Å². The largest absolute Gasteiger partial charge is 0.285 e. The van der Waals surface area contributed by atoms with Crippen molar-refractivity contribution in [2.75, 3.05) is 5.75 Å². The average molecular weight is 238 g/mol. The van der Waals surface area contributed by atoms with Gasteiger partial charge in [0.05, 0.1) is 12.3 Å². The van der Waals surface area contributed by atoms with Gasteiger partial charge in [-0.2, -0.15) is 0 Å². The summed E-state index contributed by atoms with van der Waals surface area (Å²) < 4.78 is 23.8. The molecule has 1 aromatic heterocycles. The van der Waals surface area contributed by atoms with Gasteiger partial charge < -0.3 is 0 Å². The first-order chi connectivity index (χ1) is 7.45. The molecule has 16 heavy (non-hydrogen) atoms. The molecule has 0 aliphatic carbocycles. The van der Waals surface area contributed by atoms with E-state index in [1.165, 1.54) is 0 Å². The fraction of sp³-hybridized carbons (Fsp3) is 0.455. The highest BCUT2D eigenvalue weighted by Gasteiger charge is 2.25. The molecule has 1 aliphatic rings. The number of hydrogen-bond acceptors (Lipinski definition) is 4. The molecule has 2 heterocycles. The van der Waals surface area contributed by atoms with Gasteiger partial charge in [0.15, 0.2) is 14.9 Å². The highest BCUT2D eigenvalue weighted by atomic mass is 32.2. The fourth-order valence-electron chi connectivity index (χ4n) is 1.82. The van der Waals surface area contributed by atoms with Crippen molar-refractivity contribution < 1.29 is 8.42 Å². The number of pyridine rings is 1. The maximum atomic E-state index is 11.9. The quantitative estimate of drug-likeness (QED) is 0.784. The molecule has 0 aromatic carbocycles. The molecule has 0 saturated carbocycles. The Bertz CT molecular complexity index is 574. The molecular formula is C11H14N2O2S. The van der Waals surface area contributed by atoms with Crippen molar-refractivity contribution in [2.45, 2.75) is 32.3 Å². The molecule has 0 amide bonds. The Morgan fingerprint density at radius 3 is 2.69 bits per heavy atom. The average Bonchev–Trinajstić information content (AvgIpc) is 2.59. The van der Waals surface area contributed by atoms with E-state index in [-0.39, 0.29) is 10.8 Å². The highest BCUT2D eigenvalue weighted by molar-refractivity contribution is 7.91. The second-order valence-electron chi connectivity index (χ2n) is 3.90. The van der Waals surface area contributed by atoms with E-state index < -0.39 is 9.84 Å². The summed E-state index contributed by atoms with van der Waals surface area (Å²) in [4.78, 5) is 8.43. The number of fused-ring (bicyclic) bond motifs is 1. The summed E-state index contributed by atoms with van der Waals surface area (Å²) in [7, 11) is -3.25. The van der Waals surface area contributed by atoms with Crippen molar-refractivity contribution in [1.29, 1.82) is 0 Å². The third-order valence-electron chi connectivity index (χ3n) is 2.75. The minimum absolute atomic E-state index is 0.0783. The lowest BCUT2D eigenvalue weighted by Crippen LogP contribution is -2.11. The Labute approximate surface area is 95.4 Å². The van der Waals surface area contributed by atoms with Gasteiger partial charge >= 0.3 is 0 Å². The number of nitrogens with zero attached hydrogens (tertiary/aromatic N) is 2. The number of hydrogen-bond donors (Lipinski definition) is 0. The van der Waals surface area contributed by atoms with Crippen molar-refractivity contribution in [1.82, 2.24) is 4.98 Å². The van der Waals surface area contributed by atoms with Crippen molar-refractivity contribution in [3.63, 3.8) is 0 Å². The first kappa shape index (κ1) is 11.3. The van der Waals surface area contributed by atoms with Crippen LogP contribution in [0.15, 0.2) is 16.1 Å². The molecule has 1 aliphatic heterocycles. The van der Waals surface area contributed by atoms with E-state index in [2.05, 4.69) is 9.98 Å². The van der Waals surface area contributed by atoms with Gasteiger partial charge in [-0.1, -0.05) is 6.92 Å². The van der Waals surface area contributed by atoms with Gasteiger partial charge in [0.1, 0.15) is 0 Å². The van der Waals surface area contributed by atoms with Gasteiger partial charge in [-0.25, -0.2) is 13.4 Å². The summed E-state index contributed by atoms with van der Waals surface area (Å²) in [5.74, 6) is 0.0783. The van der Waals surface area contributed by atoms with Crippen LogP contribution in [0.2, 0.25) is 0 Å². The molecule has 0 atom stereocenters. The van der Waals surface area contributed by atoms with Crippen LogP contribution in [-0.4, -0.2) is 24.9 Å². The minimum Gasteiger partial charge on any atom is -0.285 e. The van der Waals surface area contributed by atoms with Crippen LogP contribution in [0.5, 0.6) is 0 Å². The zero-order valence-corrected chi connectivity index (χ0v) is 10.4. The van der Waals surface area contributed by atoms with Crippen LogP contribution in [0.4, 0.5) is 0 Å². The maximum absolute atomic E-state index is 11.9. The van der Waals surface area contributed by atoms with Crippen molar-refractivity contribution in [3.8, 4) is 0 Å². The third kappa shape index (κ3) is 1.65. The topological polar surface area (TPSA) is 59.4 Å². The molecule has 86 valence electrons. The van der Waals surface area contributed by atoms with E-state index in [0.29, 0.717) is 6.54 Å². The molecule has 0 fully saturated rings. The summed E-state index contributed by atoms with van der Waals surface area (Å²) >= 11 is 0. The molecule has 0 N–H and O–H groups in total. The molecule has 0 saturated heterocycles. The fourth-order valence-corrected chi connectivity index (χ4v) is 2.93. The van der Waals surface area contributed by atoms with Gasteiger partial charge in [0.2, 0.25) is 0 Å². The SMILES string of the molecule is CCS(=O)(=O)c1nc(C)cc2c1CN=C2C. The van der Waals surface area contributed by atoms with Gasteiger partial charge in [-0.05, 0) is 19.9 Å². The number of aromatic nitrogens is 1. The Morgan fingerprint density at radius 1 is 1.38 bits per heavy atom. The van der Waals surface area contributed by atoms with Crippen LogP contribution >= 0.6 is 0 Å². The zero-order valence-electron chi connectivity index (χ0n) is 9.61. The van der Waals surface area contributed by atoms with Crippen molar-refractivity contribution >= 4 is 15.5 Å². The van der Waals surface area contributed by atoms with Gasteiger partial charge in [-0.3, -0.25) is 4.99 Å². The molecule has 1 aromatic rings. The van der Waals surface area contributed by atoms with Crippen LogP contribution in [0.3, 0.4) is 0 Å².